The summed E-state index contributed by atoms with van der Waals surface area (Å²) in [4.78, 5) is 17.5. The lowest BCUT2D eigenvalue weighted by Gasteiger charge is -2.22. The molecule has 2 aliphatic heterocycles. The van der Waals surface area contributed by atoms with Crippen molar-refractivity contribution in [1.29, 1.82) is 0 Å². The second-order valence-electron chi connectivity index (χ2n) is 7.70. The van der Waals surface area contributed by atoms with Gasteiger partial charge in [0.25, 0.3) is 5.91 Å². The molecule has 2 heterocycles. The third kappa shape index (κ3) is 7.66. The number of oxime groups is 1. The molecule has 7 nitrogen and oxygen atoms in total. The average molecular weight is 405 g/mol. The number of nitrogens with zero attached hydrogens (tertiary/aromatic N) is 1. The van der Waals surface area contributed by atoms with E-state index >= 15 is 0 Å². The van der Waals surface area contributed by atoms with Crippen LogP contribution in [0.15, 0.2) is 29.4 Å². The second-order valence-corrected chi connectivity index (χ2v) is 7.70. The highest BCUT2D eigenvalue weighted by atomic mass is 16.6. The van der Waals surface area contributed by atoms with Crippen LogP contribution in [0.4, 0.5) is 0 Å². The van der Waals surface area contributed by atoms with Crippen LogP contribution < -0.4 is 10.1 Å². The molecule has 1 aromatic carbocycles. The van der Waals surface area contributed by atoms with Crippen LogP contribution >= 0.6 is 0 Å². The molecular weight excluding hydrogens is 372 g/mol. The normalized spacial score (nSPS) is 19.0. The fourth-order valence-electron chi connectivity index (χ4n) is 3.41. The van der Waals surface area contributed by atoms with E-state index in [1.807, 2.05) is 31.2 Å². The highest BCUT2D eigenvalue weighted by Gasteiger charge is 2.15. The van der Waals surface area contributed by atoms with Crippen molar-refractivity contribution >= 4 is 11.6 Å². The summed E-state index contributed by atoms with van der Waals surface area (Å²) in [5, 5.41) is 7.16. The van der Waals surface area contributed by atoms with E-state index in [1.165, 1.54) is 0 Å². The van der Waals surface area contributed by atoms with E-state index in [1.54, 1.807) is 0 Å². The van der Waals surface area contributed by atoms with E-state index in [2.05, 4.69) is 10.5 Å². The summed E-state index contributed by atoms with van der Waals surface area (Å²) in [5.41, 5.74) is 1.78. The summed E-state index contributed by atoms with van der Waals surface area (Å²) in [5.74, 6) is 1.59. The van der Waals surface area contributed by atoms with Crippen LogP contribution in [0.5, 0.6) is 5.75 Å². The topological polar surface area (TPSA) is 78.4 Å². The largest absolute Gasteiger partial charge is 0.484 e. The smallest absolute Gasteiger partial charge is 0.257 e. The highest BCUT2D eigenvalue weighted by Crippen LogP contribution is 2.16. The second kappa shape index (κ2) is 11.8. The number of hydrogen-bond acceptors (Lipinski definition) is 6. The maximum atomic E-state index is 12.0. The van der Waals surface area contributed by atoms with Crippen molar-refractivity contribution in [3.63, 3.8) is 0 Å². The Balaban J connectivity index is 1.36. The maximum absolute atomic E-state index is 12.0. The Labute approximate surface area is 172 Å². The van der Waals surface area contributed by atoms with Crippen molar-refractivity contribution in [2.75, 3.05) is 46.2 Å². The number of ether oxygens (including phenoxy) is 3. The van der Waals surface area contributed by atoms with Gasteiger partial charge in [0.1, 0.15) is 12.4 Å². The van der Waals surface area contributed by atoms with Gasteiger partial charge in [-0.1, -0.05) is 5.16 Å². The zero-order valence-electron chi connectivity index (χ0n) is 17.2. The average Bonchev–Trinajstić information content (AvgIpc) is 2.78. The van der Waals surface area contributed by atoms with Gasteiger partial charge in [-0.05, 0) is 68.4 Å². The molecule has 2 fully saturated rings. The van der Waals surface area contributed by atoms with Gasteiger partial charge in [-0.2, -0.15) is 0 Å². The zero-order valence-corrected chi connectivity index (χ0v) is 17.2. The Bertz CT molecular complexity index is 650. The maximum Gasteiger partial charge on any atom is 0.257 e. The van der Waals surface area contributed by atoms with Crippen LogP contribution in [0.1, 0.15) is 38.2 Å². The summed E-state index contributed by atoms with van der Waals surface area (Å²) in [6.45, 7) is 6.45. The fraction of sp³-hybridized carbons (Fsp3) is 0.636. The van der Waals surface area contributed by atoms with Gasteiger partial charge >= 0.3 is 0 Å². The third-order valence-electron chi connectivity index (χ3n) is 5.42. The minimum atomic E-state index is -0.0974. The molecule has 1 aromatic rings. The van der Waals surface area contributed by atoms with Crippen LogP contribution in [0.2, 0.25) is 0 Å². The minimum Gasteiger partial charge on any atom is -0.484 e. The molecule has 3 rings (SSSR count). The lowest BCUT2D eigenvalue weighted by molar-refractivity contribution is -0.123. The van der Waals surface area contributed by atoms with Gasteiger partial charge in [0.05, 0.1) is 5.71 Å². The zero-order chi connectivity index (χ0) is 20.3. The molecule has 0 atom stereocenters. The Morgan fingerprint density at radius 3 is 2.31 bits per heavy atom. The van der Waals surface area contributed by atoms with E-state index in [4.69, 9.17) is 19.0 Å². The summed E-state index contributed by atoms with van der Waals surface area (Å²) in [6.07, 6.45) is 4.07. The predicted octanol–water partition coefficient (Wildman–Crippen LogP) is 2.78. The molecule has 2 aliphatic rings. The number of carbonyl (C=O) groups is 1. The van der Waals surface area contributed by atoms with Crippen LogP contribution in [-0.2, 0) is 19.1 Å². The van der Waals surface area contributed by atoms with Gasteiger partial charge in [0.2, 0.25) is 0 Å². The van der Waals surface area contributed by atoms with E-state index in [0.717, 1.165) is 63.4 Å². The Hall–Kier alpha value is -2.12. The summed E-state index contributed by atoms with van der Waals surface area (Å²) in [7, 11) is 0. The van der Waals surface area contributed by atoms with Crippen molar-refractivity contribution in [2.24, 2.45) is 17.0 Å². The minimum absolute atomic E-state index is 0.0177. The molecule has 0 spiro atoms. The quantitative estimate of drug-likeness (QED) is 0.506. The van der Waals surface area contributed by atoms with E-state index in [0.29, 0.717) is 30.7 Å². The first kappa shape index (κ1) is 21.6. The van der Waals surface area contributed by atoms with Gasteiger partial charge in [-0.3, -0.25) is 4.79 Å². The van der Waals surface area contributed by atoms with Gasteiger partial charge < -0.3 is 24.4 Å². The molecule has 1 N–H and O–H groups in total. The van der Waals surface area contributed by atoms with E-state index in [9.17, 15) is 4.79 Å². The van der Waals surface area contributed by atoms with Gasteiger partial charge in [-0.25, -0.2) is 0 Å². The molecule has 0 bridgehead atoms. The van der Waals surface area contributed by atoms with Gasteiger partial charge in [0.15, 0.2) is 6.61 Å². The molecule has 0 aliphatic carbocycles. The number of hydrogen-bond donors (Lipinski definition) is 1. The van der Waals surface area contributed by atoms with Crippen molar-refractivity contribution in [3.05, 3.63) is 29.8 Å². The molecule has 0 unspecified atom stereocenters. The molecule has 0 saturated carbocycles. The summed E-state index contributed by atoms with van der Waals surface area (Å²) < 4.78 is 16.3. The number of benzene rings is 1. The summed E-state index contributed by atoms with van der Waals surface area (Å²) in [6, 6.07) is 7.54. The standard InChI is InChI=1S/C22H32N2O5/c1-17(24-29-15-19-8-12-27-13-9-19)20-2-4-21(5-3-20)28-16-22(25)23-14-18-6-10-26-11-7-18/h2-5,18-19H,6-16H2,1H3,(H,23,25)/b24-17-. The molecule has 29 heavy (non-hydrogen) atoms. The number of carbonyl (C=O) groups excluding carboxylic acids is 1. The number of amides is 1. The molecule has 160 valence electrons. The fourth-order valence-corrected chi connectivity index (χ4v) is 3.41. The van der Waals surface area contributed by atoms with Gasteiger partial charge in [0, 0.05) is 38.9 Å². The van der Waals surface area contributed by atoms with Crippen LogP contribution in [0.25, 0.3) is 0 Å². The Morgan fingerprint density at radius 2 is 1.66 bits per heavy atom. The molecule has 2 saturated heterocycles. The van der Waals surface area contributed by atoms with Crippen molar-refractivity contribution in [1.82, 2.24) is 5.32 Å². The number of rotatable bonds is 9. The molecular formula is C22H32N2O5. The van der Waals surface area contributed by atoms with Crippen molar-refractivity contribution in [3.8, 4) is 5.75 Å². The number of nitrogens with one attached hydrogen (secondary N) is 1. The first-order valence-corrected chi connectivity index (χ1v) is 10.5. The lowest BCUT2D eigenvalue weighted by atomic mass is 10.0. The van der Waals surface area contributed by atoms with Crippen LogP contribution in [0, 0.1) is 11.8 Å². The molecule has 0 aromatic heterocycles. The Morgan fingerprint density at radius 1 is 1.03 bits per heavy atom. The molecule has 7 heteroatoms. The Kier molecular flexibility index (Phi) is 8.77. The van der Waals surface area contributed by atoms with E-state index < -0.39 is 0 Å². The third-order valence-corrected chi connectivity index (χ3v) is 5.42. The highest BCUT2D eigenvalue weighted by molar-refractivity contribution is 5.98. The SMILES string of the molecule is C/C(=N/OCC1CCOCC1)c1ccc(OCC(=O)NCC2CCOCC2)cc1. The predicted molar refractivity (Wildman–Crippen MR) is 110 cm³/mol. The molecule has 1 amide bonds. The summed E-state index contributed by atoms with van der Waals surface area (Å²) >= 11 is 0. The van der Waals surface area contributed by atoms with Crippen molar-refractivity contribution in [2.45, 2.75) is 32.6 Å². The van der Waals surface area contributed by atoms with E-state index in [-0.39, 0.29) is 12.5 Å². The van der Waals surface area contributed by atoms with Crippen molar-refractivity contribution < 1.29 is 23.8 Å². The van der Waals surface area contributed by atoms with Crippen LogP contribution in [0.3, 0.4) is 0 Å². The first-order valence-electron chi connectivity index (χ1n) is 10.5. The first-order chi connectivity index (χ1) is 14.2. The molecule has 0 radical (unpaired) electrons. The van der Waals surface area contributed by atoms with Crippen LogP contribution in [-0.4, -0.2) is 57.8 Å². The van der Waals surface area contributed by atoms with Gasteiger partial charge in [-0.15, -0.1) is 0 Å². The lowest BCUT2D eigenvalue weighted by Crippen LogP contribution is -2.35. The monoisotopic (exact) mass is 404 g/mol.